The summed E-state index contributed by atoms with van der Waals surface area (Å²) in [5.74, 6) is -0.580. The standard InChI is InChI=1S/C22H25NO5/c1-16-5-7-18(8-6-16)22(9-11-27-12-10-22)21(26)23-14-17-3-2-4-19(13-17)28-15-20(24)25/h2-8,13H,9-12,14-15H2,1H3,(H,23,26)(H,24,25). The Hall–Kier alpha value is -2.86. The van der Waals surface area contributed by atoms with Crippen LogP contribution in [0.4, 0.5) is 0 Å². The molecule has 0 bridgehead atoms. The molecule has 2 N–H and O–H groups in total. The number of aryl methyl sites for hydroxylation is 1. The minimum atomic E-state index is -1.03. The molecule has 0 aromatic heterocycles. The summed E-state index contributed by atoms with van der Waals surface area (Å²) >= 11 is 0. The smallest absolute Gasteiger partial charge is 0.341 e. The molecule has 1 saturated heterocycles. The van der Waals surface area contributed by atoms with Crippen LogP contribution in [0.15, 0.2) is 48.5 Å². The Morgan fingerprint density at radius 2 is 1.86 bits per heavy atom. The van der Waals surface area contributed by atoms with E-state index in [1.54, 1.807) is 18.2 Å². The van der Waals surface area contributed by atoms with Crippen molar-refractivity contribution in [1.29, 1.82) is 0 Å². The quantitative estimate of drug-likeness (QED) is 0.768. The molecule has 0 saturated carbocycles. The first-order valence-electron chi connectivity index (χ1n) is 9.36. The monoisotopic (exact) mass is 383 g/mol. The second-order valence-electron chi connectivity index (χ2n) is 7.07. The van der Waals surface area contributed by atoms with E-state index in [0.717, 1.165) is 16.7 Å². The van der Waals surface area contributed by atoms with E-state index >= 15 is 0 Å². The number of hydrogen-bond donors (Lipinski definition) is 2. The van der Waals surface area contributed by atoms with Gasteiger partial charge in [-0.05, 0) is 43.0 Å². The maximum atomic E-state index is 13.2. The van der Waals surface area contributed by atoms with Gasteiger partial charge in [0, 0.05) is 19.8 Å². The third kappa shape index (κ3) is 4.70. The fourth-order valence-corrected chi connectivity index (χ4v) is 3.48. The van der Waals surface area contributed by atoms with Crippen molar-refractivity contribution in [2.24, 2.45) is 0 Å². The lowest BCUT2D eigenvalue weighted by Crippen LogP contribution is -2.47. The lowest BCUT2D eigenvalue weighted by molar-refractivity contribution is -0.139. The van der Waals surface area contributed by atoms with E-state index in [2.05, 4.69) is 5.32 Å². The summed E-state index contributed by atoms with van der Waals surface area (Å²) in [7, 11) is 0. The minimum absolute atomic E-state index is 0.0171. The van der Waals surface area contributed by atoms with Crippen LogP contribution in [0, 0.1) is 6.92 Å². The number of hydrogen-bond acceptors (Lipinski definition) is 4. The van der Waals surface area contributed by atoms with Gasteiger partial charge in [-0.15, -0.1) is 0 Å². The summed E-state index contributed by atoms with van der Waals surface area (Å²) in [6.45, 7) is 3.09. The molecule has 148 valence electrons. The SMILES string of the molecule is Cc1ccc(C2(C(=O)NCc3cccc(OCC(=O)O)c3)CCOCC2)cc1. The number of nitrogens with one attached hydrogen (secondary N) is 1. The molecule has 0 unspecified atom stereocenters. The number of carboxylic acids is 1. The van der Waals surface area contributed by atoms with Crippen molar-refractivity contribution in [3.63, 3.8) is 0 Å². The van der Waals surface area contributed by atoms with Crippen LogP contribution in [0.3, 0.4) is 0 Å². The normalized spacial score (nSPS) is 15.6. The van der Waals surface area contributed by atoms with Gasteiger partial charge in [-0.3, -0.25) is 4.79 Å². The first kappa shape index (κ1) is 19.9. The third-order valence-corrected chi connectivity index (χ3v) is 5.10. The number of carbonyl (C=O) groups is 2. The fraction of sp³-hybridized carbons (Fsp3) is 0.364. The number of carbonyl (C=O) groups excluding carboxylic acids is 1. The molecular formula is C22H25NO5. The average molecular weight is 383 g/mol. The highest BCUT2D eigenvalue weighted by Gasteiger charge is 2.41. The van der Waals surface area contributed by atoms with Crippen molar-refractivity contribution >= 4 is 11.9 Å². The number of amides is 1. The third-order valence-electron chi connectivity index (χ3n) is 5.10. The van der Waals surface area contributed by atoms with Gasteiger partial charge in [-0.25, -0.2) is 4.79 Å². The van der Waals surface area contributed by atoms with Crippen molar-refractivity contribution in [1.82, 2.24) is 5.32 Å². The Kier molecular flexibility index (Phi) is 6.31. The first-order chi connectivity index (χ1) is 13.5. The van der Waals surface area contributed by atoms with Crippen LogP contribution in [-0.2, 0) is 26.3 Å². The lowest BCUT2D eigenvalue weighted by atomic mass is 9.73. The summed E-state index contributed by atoms with van der Waals surface area (Å²) in [5, 5.41) is 11.8. The number of aliphatic carboxylic acids is 1. The predicted molar refractivity (Wildman–Crippen MR) is 104 cm³/mol. The fourth-order valence-electron chi connectivity index (χ4n) is 3.48. The van der Waals surface area contributed by atoms with E-state index in [4.69, 9.17) is 14.6 Å². The molecule has 6 heteroatoms. The molecule has 1 heterocycles. The van der Waals surface area contributed by atoms with Crippen LogP contribution >= 0.6 is 0 Å². The van der Waals surface area contributed by atoms with Crippen molar-refractivity contribution in [2.45, 2.75) is 31.7 Å². The van der Waals surface area contributed by atoms with Crippen LogP contribution < -0.4 is 10.1 Å². The molecule has 0 atom stereocenters. The van der Waals surface area contributed by atoms with E-state index in [0.29, 0.717) is 38.3 Å². The second-order valence-corrected chi connectivity index (χ2v) is 7.07. The zero-order valence-corrected chi connectivity index (χ0v) is 15.9. The highest BCUT2D eigenvalue weighted by molar-refractivity contribution is 5.88. The Morgan fingerprint density at radius 1 is 1.14 bits per heavy atom. The predicted octanol–water partition coefficient (Wildman–Crippen LogP) is 2.82. The Bertz CT molecular complexity index is 825. The molecule has 6 nitrogen and oxygen atoms in total. The van der Waals surface area contributed by atoms with Crippen molar-refractivity contribution < 1.29 is 24.2 Å². The molecule has 0 aliphatic carbocycles. The van der Waals surface area contributed by atoms with Crippen molar-refractivity contribution in [2.75, 3.05) is 19.8 Å². The van der Waals surface area contributed by atoms with E-state index < -0.39 is 18.0 Å². The van der Waals surface area contributed by atoms with Crippen molar-refractivity contribution in [3.05, 3.63) is 65.2 Å². The van der Waals surface area contributed by atoms with Gasteiger partial charge in [-0.1, -0.05) is 42.0 Å². The molecule has 1 aliphatic rings. The van der Waals surface area contributed by atoms with Crippen LogP contribution in [0.1, 0.15) is 29.5 Å². The second kappa shape index (κ2) is 8.89. The molecule has 28 heavy (non-hydrogen) atoms. The van der Waals surface area contributed by atoms with Crippen LogP contribution in [0.5, 0.6) is 5.75 Å². The van der Waals surface area contributed by atoms with Crippen LogP contribution in [0.2, 0.25) is 0 Å². The summed E-state index contributed by atoms with van der Waals surface area (Å²) in [4.78, 5) is 23.8. The van der Waals surface area contributed by atoms with E-state index in [1.165, 1.54) is 0 Å². The summed E-state index contributed by atoms with van der Waals surface area (Å²) < 4.78 is 10.7. The maximum absolute atomic E-state index is 13.2. The van der Waals surface area contributed by atoms with E-state index in [1.807, 2.05) is 37.3 Å². The molecule has 3 rings (SSSR count). The summed E-state index contributed by atoms with van der Waals surface area (Å²) in [6, 6.07) is 15.2. The van der Waals surface area contributed by atoms with Gasteiger partial charge in [0.15, 0.2) is 6.61 Å². The molecule has 2 aromatic rings. The van der Waals surface area contributed by atoms with Gasteiger partial charge in [0.05, 0.1) is 5.41 Å². The minimum Gasteiger partial charge on any atom is -0.482 e. The first-order valence-corrected chi connectivity index (χ1v) is 9.36. The molecule has 2 aromatic carbocycles. The van der Waals surface area contributed by atoms with Gasteiger partial charge in [-0.2, -0.15) is 0 Å². The molecule has 0 spiro atoms. The zero-order chi connectivity index (χ0) is 20.0. The molecule has 1 fully saturated rings. The number of ether oxygens (including phenoxy) is 2. The topological polar surface area (TPSA) is 84.9 Å². The molecule has 0 radical (unpaired) electrons. The summed E-state index contributed by atoms with van der Waals surface area (Å²) in [5.41, 5.74) is 2.42. The van der Waals surface area contributed by atoms with Gasteiger partial charge in [0.1, 0.15) is 5.75 Å². The maximum Gasteiger partial charge on any atom is 0.341 e. The summed E-state index contributed by atoms with van der Waals surface area (Å²) in [6.07, 6.45) is 1.29. The highest BCUT2D eigenvalue weighted by Crippen LogP contribution is 2.35. The molecular weight excluding hydrogens is 358 g/mol. The highest BCUT2D eigenvalue weighted by atomic mass is 16.5. The Morgan fingerprint density at radius 3 is 2.54 bits per heavy atom. The van der Waals surface area contributed by atoms with Gasteiger partial charge in [0.25, 0.3) is 0 Å². The van der Waals surface area contributed by atoms with Gasteiger partial charge >= 0.3 is 5.97 Å². The Labute approximate surface area is 164 Å². The number of rotatable bonds is 7. The van der Waals surface area contributed by atoms with Gasteiger partial charge in [0.2, 0.25) is 5.91 Å². The zero-order valence-electron chi connectivity index (χ0n) is 15.9. The average Bonchev–Trinajstić information content (AvgIpc) is 2.72. The number of carboxylic acid groups (broad SMARTS) is 1. The largest absolute Gasteiger partial charge is 0.482 e. The van der Waals surface area contributed by atoms with E-state index in [9.17, 15) is 9.59 Å². The Balaban J connectivity index is 1.72. The number of benzene rings is 2. The van der Waals surface area contributed by atoms with Crippen molar-refractivity contribution in [3.8, 4) is 5.75 Å². The van der Waals surface area contributed by atoms with Crippen LogP contribution in [-0.4, -0.2) is 36.8 Å². The molecule has 1 amide bonds. The van der Waals surface area contributed by atoms with Crippen LogP contribution in [0.25, 0.3) is 0 Å². The molecule has 1 aliphatic heterocycles. The van der Waals surface area contributed by atoms with Gasteiger partial charge < -0.3 is 19.9 Å². The van der Waals surface area contributed by atoms with E-state index in [-0.39, 0.29) is 5.91 Å². The lowest BCUT2D eigenvalue weighted by Gasteiger charge is -2.36.